The number of aliphatic carboxylic acids is 1. The minimum Gasteiger partial charge on any atom is -0.489 e. The van der Waals surface area contributed by atoms with Crippen molar-refractivity contribution in [3.63, 3.8) is 0 Å². The molecule has 2 aromatic carbocycles. The lowest BCUT2D eigenvalue weighted by Gasteiger charge is -2.21. The smallest absolute Gasteiger partial charge is 0.416 e. The molecule has 174 valence electrons. The van der Waals surface area contributed by atoms with E-state index in [4.69, 9.17) is 9.84 Å². The van der Waals surface area contributed by atoms with Crippen LogP contribution >= 0.6 is 0 Å². The number of benzene rings is 2. The van der Waals surface area contributed by atoms with Gasteiger partial charge in [0.05, 0.1) is 11.1 Å². The number of alkyl halides is 6. The van der Waals surface area contributed by atoms with Gasteiger partial charge in [0.15, 0.2) is 0 Å². The monoisotopic (exact) mass is 461 g/mol. The van der Waals surface area contributed by atoms with Gasteiger partial charge in [0.2, 0.25) is 0 Å². The first-order valence-electron chi connectivity index (χ1n) is 9.89. The van der Waals surface area contributed by atoms with Gasteiger partial charge < -0.3 is 9.84 Å². The SMILES string of the molecule is O=C(O)CCc1cccc(OC2CCN(Cc3cc(C(F)(F)F)ccc3C(F)(F)F)C2)c1. The third kappa shape index (κ3) is 6.38. The summed E-state index contributed by atoms with van der Waals surface area (Å²) in [7, 11) is 0. The zero-order chi connectivity index (χ0) is 23.5. The number of hydrogen-bond acceptors (Lipinski definition) is 3. The number of aryl methyl sites for hydroxylation is 1. The Kier molecular flexibility index (Phi) is 7.02. The molecule has 3 rings (SSSR count). The van der Waals surface area contributed by atoms with Gasteiger partial charge >= 0.3 is 18.3 Å². The van der Waals surface area contributed by atoms with Crippen molar-refractivity contribution in [2.24, 2.45) is 0 Å². The van der Waals surface area contributed by atoms with E-state index in [0.29, 0.717) is 43.3 Å². The van der Waals surface area contributed by atoms with E-state index in [1.165, 1.54) is 0 Å². The van der Waals surface area contributed by atoms with Gasteiger partial charge in [-0.15, -0.1) is 0 Å². The molecule has 4 nitrogen and oxygen atoms in total. The van der Waals surface area contributed by atoms with Gasteiger partial charge in [-0.1, -0.05) is 12.1 Å². The topological polar surface area (TPSA) is 49.8 Å². The molecule has 0 saturated carbocycles. The van der Waals surface area contributed by atoms with E-state index >= 15 is 0 Å². The molecule has 1 aliphatic rings. The maximum absolute atomic E-state index is 13.3. The number of carboxylic acids is 1. The molecular formula is C22H21F6NO3. The number of rotatable bonds is 7. The van der Waals surface area contributed by atoms with Crippen molar-refractivity contribution in [2.75, 3.05) is 13.1 Å². The van der Waals surface area contributed by atoms with Crippen LogP contribution < -0.4 is 4.74 Å². The lowest BCUT2D eigenvalue weighted by molar-refractivity contribution is -0.142. The van der Waals surface area contributed by atoms with E-state index in [0.717, 1.165) is 5.56 Å². The van der Waals surface area contributed by atoms with Gasteiger partial charge in [0, 0.05) is 26.1 Å². The van der Waals surface area contributed by atoms with E-state index in [1.54, 1.807) is 29.2 Å². The number of nitrogens with zero attached hydrogens (tertiary/aromatic N) is 1. The average Bonchev–Trinajstić information content (AvgIpc) is 3.12. The molecule has 1 unspecified atom stereocenters. The van der Waals surface area contributed by atoms with E-state index < -0.39 is 35.0 Å². The highest BCUT2D eigenvalue weighted by Crippen LogP contribution is 2.37. The van der Waals surface area contributed by atoms with Gasteiger partial charge in [-0.05, 0) is 54.3 Å². The van der Waals surface area contributed by atoms with Crippen LogP contribution in [0.4, 0.5) is 26.3 Å². The highest BCUT2D eigenvalue weighted by Gasteiger charge is 2.37. The van der Waals surface area contributed by atoms with E-state index in [9.17, 15) is 31.1 Å². The number of likely N-dealkylation sites (tertiary alicyclic amines) is 1. The average molecular weight is 461 g/mol. The molecule has 0 aliphatic carbocycles. The fraction of sp³-hybridized carbons (Fsp3) is 0.409. The summed E-state index contributed by atoms with van der Waals surface area (Å²) in [4.78, 5) is 12.3. The normalized spacial score (nSPS) is 17.5. The first kappa shape index (κ1) is 23.9. The molecule has 1 heterocycles. The van der Waals surface area contributed by atoms with Gasteiger partial charge in [0.25, 0.3) is 0 Å². The lowest BCUT2D eigenvalue weighted by Crippen LogP contribution is -2.26. The molecule has 1 atom stereocenters. The maximum atomic E-state index is 13.3. The van der Waals surface area contributed by atoms with Crippen LogP contribution in [0.1, 0.15) is 35.1 Å². The summed E-state index contributed by atoms with van der Waals surface area (Å²) in [5.74, 6) is -0.412. The second kappa shape index (κ2) is 9.40. The molecule has 0 radical (unpaired) electrons. The highest BCUT2D eigenvalue weighted by atomic mass is 19.4. The van der Waals surface area contributed by atoms with Crippen LogP contribution in [-0.4, -0.2) is 35.2 Å². The van der Waals surface area contributed by atoms with Crippen LogP contribution in [0.5, 0.6) is 5.75 Å². The second-order valence-electron chi connectivity index (χ2n) is 7.67. The maximum Gasteiger partial charge on any atom is 0.416 e. The summed E-state index contributed by atoms with van der Waals surface area (Å²) in [6.07, 6.45) is -9.03. The predicted molar refractivity (Wildman–Crippen MR) is 103 cm³/mol. The van der Waals surface area contributed by atoms with Crippen LogP contribution in [0.25, 0.3) is 0 Å². The Morgan fingerprint density at radius 2 is 1.81 bits per heavy atom. The summed E-state index contributed by atoms with van der Waals surface area (Å²) in [6, 6.07) is 8.37. The molecule has 1 fully saturated rings. The molecule has 2 aromatic rings. The molecule has 10 heteroatoms. The Balaban J connectivity index is 1.67. The Morgan fingerprint density at radius 1 is 1.06 bits per heavy atom. The van der Waals surface area contributed by atoms with Gasteiger partial charge in [0.1, 0.15) is 11.9 Å². The minimum absolute atomic E-state index is 0.0286. The summed E-state index contributed by atoms with van der Waals surface area (Å²) in [6.45, 7) is 0.348. The van der Waals surface area contributed by atoms with Crippen molar-refractivity contribution in [1.82, 2.24) is 4.90 Å². The lowest BCUT2D eigenvalue weighted by atomic mass is 10.0. The quantitative estimate of drug-likeness (QED) is 0.562. The van der Waals surface area contributed by atoms with Crippen LogP contribution in [0, 0.1) is 0 Å². The predicted octanol–water partition coefficient (Wildman–Crippen LogP) is 5.39. The fourth-order valence-corrected chi connectivity index (χ4v) is 3.67. The summed E-state index contributed by atoms with van der Waals surface area (Å²) < 4.78 is 84.8. The number of carbonyl (C=O) groups is 1. The third-order valence-corrected chi connectivity index (χ3v) is 5.19. The molecule has 1 saturated heterocycles. The summed E-state index contributed by atoms with van der Waals surface area (Å²) in [5, 5.41) is 8.79. The van der Waals surface area contributed by atoms with Crippen molar-refractivity contribution >= 4 is 5.97 Å². The van der Waals surface area contributed by atoms with Crippen molar-refractivity contribution in [2.45, 2.75) is 44.3 Å². The minimum atomic E-state index is -4.76. The van der Waals surface area contributed by atoms with Crippen LogP contribution in [0.2, 0.25) is 0 Å². The fourth-order valence-electron chi connectivity index (χ4n) is 3.67. The number of ether oxygens (including phenoxy) is 1. The summed E-state index contributed by atoms with van der Waals surface area (Å²) in [5.41, 5.74) is -1.85. The molecule has 32 heavy (non-hydrogen) atoms. The van der Waals surface area contributed by atoms with E-state index in [2.05, 4.69) is 0 Å². The van der Waals surface area contributed by atoms with Crippen LogP contribution in [-0.2, 0) is 30.1 Å². The molecule has 1 N–H and O–H groups in total. The third-order valence-electron chi connectivity index (χ3n) is 5.19. The van der Waals surface area contributed by atoms with Gasteiger partial charge in [-0.3, -0.25) is 9.69 Å². The highest BCUT2D eigenvalue weighted by molar-refractivity contribution is 5.67. The van der Waals surface area contributed by atoms with Crippen LogP contribution in [0.15, 0.2) is 42.5 Å². The van der Waals surface area contributed by atoms with Crippen molar-refractivity contribution in [3.05, 3.63) is 64.7 Å². The molecule has 1 aliphatic heterocycles. The molecule has 0 aromatic heterocycles. The number of carboxylic acid groups (broad SMARTS) is 1. The molecule has 0 bridgehead atoms. The van der Waals surface area contributed by atoms with E-state index in [1.807, 2.05) is 0 Å². The molecular weight excluding hydrogens is 440 g/mol. The molecule has 0 amide bonds. The standard InChI is InChI=1S/C22H21F6NO3/c23-21(24,25)16-5-6-19(22(26,27)28)15(11-16)12-29-9-8-18(13-29)32-17-3-1-2-14(10-17)4-7-20(30)31/h1-3,5-6,10-11,18H,4,7-9,12-13H2,(H,30,31). The van der Waals surface area contributed by atoms with Crippen molar-refractivity contribution in [3.8, 4) is 5.75 Å². The first-order chi connectivity index (χ1) is 14.9. The summed E-state index contributed by atoms with van der Waals surface area (Å²) >= 11 is 0. The van der Waals surface area contributed by atoms with Crippen LogP contribution in [0.3, 0.4) is 0 Å². The van der Waals surface area contributed by atoms with Crippen molar-refractivity contribution < 1.29 is 41.0 Å². The second-order valence-corrected chi connectivity index (χ2v) is 7.67. The zero-order valence-corrected chi connectivity index (χ0v) is 16.8. The Hall–Kier alpha value is -2.75. The number of halogens is 6. The Morgan fingerprint density at radius 3 is 2.47 bits per heavy atom. The Labute approximate surface area is 180 Å². The Bertz CT molecular complexity index is 957. The van der Waals surface area contributed by atoms with E-state index in [-0.39, 0.29) is 25.6 Å². The van der Waals surface area contributed by atoms with Crippen molar-refractivity contribution in [1.29, 1.82) is 0 Å². The first-order valence-corrected chi connectivity index (χ1v) is 9.89. The van der Waals surface area contributed by atoms with Gasteiger partial charge in [-0.2, -0.15) is 26.3 Å². The number of hydrogen-bond donors (Lipinski definition) is 1. The largest absolute Gasteiger partial charge is 0.489 e. The zero-order valence-electron chi connectivity index (χ0n) is 16.8. The molecule has 0 spiro atoms. The van der Waals surface area contributed by atoms with Gasteiger partial charge in [-0.25, -0.2) is 0 Å².